The molecule has 138 valence electrons. The highest BCUT2D eigenvalue weighted by atomic mass is 32.2. The van der Waals surface area contributed by atoms with Crippen molar-refractivity contribution in [3.63, 3.8) is 0 Å². The van der Waals surface area contributed by atoms with Gasteiger partial charge in [0.1, 0.15) is 5.82 Å². The summed E-state index contributed by atoms with van der Waals surface area (Å²) in [6.07, 6.45) is 7.08. The van der Waals surface area contributed by atoms with Crippen molar-refractivity contribution in [3.8, 4) is 0 Å². The van der Waals surface area contributed by atoms with Crippen LogP contribution in [0.4, 0.5) is 4.39 Å². The number of hydrogen-bond acceptors (Lipinski definition) is 3. The number of halogens is 1. The van der Waals surface area contributed by atoms with Gasteiger partial charge >= 0.3 is 0 Å². The third-order valence-electron chi connectivity index (χ3n) is 5.77. The van der Waals surface area contributed by atoms with Crippen LogP contribution in [-0.2, 0) is 25.9 Å². The Hall–Kier alpha value is -1.59. The molecule has 2 aromatic rings. The first kappa shape index (κ1) is 17.8. The molecule has 2 aliphatic rings. The van der Waals surface area contributed by atoms with Crippen molar-refractivity contribution in [2.45, 2.75) is 45.2 Å². The molecular formula is C21H25FN2OS. The smallest absolute Gasteiger partial charge is 0.254 e. The van der Waals surface area contributed by atoms with E-state index >= 15 is 0 Å². The zero-order valence-corrected chi connectivity index (χ0v) is 16.0. The molecule has 0 saturated heterocycles. The molecule has 1 aromatic carbocycles. The fraction of sp³-hybridized carbons (Fsp3) is 0.476. The van der Waals surface area contributed by atoms with Crippen LogP contribution in [0.5, 0.6) is 0 Å². The Kier molecular flexibility index (Phi) is 5.18. The second kappa shape index (κ2) is 7.57. The van der Waals surface area contributed by atoms with E-state index in [2.05, 4.69) is 10.6 Å². The molecule has 0 bridgehead atoms. The highest BCUT2D eigenvalue weighted by Gasteiger charge is 2.25. The van der Waals surface area contributed by atoms with Gasteiger partial charge in [0.05, 0.1) is 0 Å². The van der Waals surface area contributed by atoms with Crippen LogP contribution in [0.1, 0.15) is 41.6 Å². The SMILES string of the molecule is CSN1CCc2c(cc(Cc3ccccc3F)c(=O)n2CC2CCC2)C1. The van der Waals surface area contributed by atoms with Crippen molar-refractivity contribution in [1.29, 1.82) is 0 Å². The molecule has 5 heteroatoms. The zero-order chi connectivity index (χ0) is 18.1. The number of aromatic nitrogens is 1. The monoisotopic (exact) mass is 372 g/mol. The van der Waals surface area contributed by atoms with Crippen LogP contribution in [0.15, 0.2) is 35.1 Å². The van der Waals surface area contributed by atoms with E-state index in [0.29, 0.717) is 17.9 Å². The van der Waals surface area contributed by atoms with Crippen molar-refractivity contribution in [3.05, 3.63) is 68.9 Å². The lowest BCUT2D eigenvalue weighted by molar-refractivity contribution is 0.267. The van der Waals surface area contributed by atoms with Gasteiger partial charge in [0.15, 0.2) is 0 Å². The van der Waals surface area contributed by atoms with Gasteiger partial charge in [0.25, 0.3) is 5.56 Å². The summed E-state index contributed by atoms with van der Waals surface area (Å²) in [5, 5.41) is 0. The van der Waals surface area contributed by atoms with Crippen LogP contribution in [0.2, 0.25) is 0 Å². The first-order valence-corrected chi connectivity index (χ1v) is 10.6. The summed E-state index contributed by atoms with van der Waals surface area (Å²) in [6, 6.07) is 8.80. The third kappa shape index (κ3) is 3.47. The van der Waals surface area contributed by atoms with Crippen LogP contribution in [0.3, 0.4) is 0 Å². The number of hydrogen-bond donors (Lipinski definition) is 0. The van der Waals surface area contributed by atoms with Gasteiger partial charge in [-0.15, -0.1) is 0 Å². The first-order valence-electron chi connectivity index (χ1n) is 9.42. The minimum atomic E-state index is -0.235. The average Bonchev–Trinajstić information content (AvgIpc) is 2.61. The Morgan fingerprint density at radius 1 is 1.23 bits per heavy atom. The van der Waals surface area contributed by atoms with Crippen LogP contribution in [0.25, 0.3) is 0 Å². The topological polar surface area (TPSA) is 25.2 Å². The van der Waals surface area contributed by atoms with Crippen molar-refractivity contribution >= 4 is 11.9 Å². The molecule has 0 atom stereocenters. The van der Waals surface area contributed by atoms with Crippen molar-refractivity contribution in [2.24, 2.45) is 5.92 Å². The first-order chi connectivity index (χ1) is 12.7. The van der Waals surface area contributed by atoms with Gasteiger partial charge in [0, 0.05) is 43.7 Å². The summed E-state index contributed by atoms with van der Waals surface area (Å²) >= 11 is 1.75. The van der Waals surface area contributed by atoms with Crippen LogP contribution in [-0.4, -0.2) is 21.7 Å². The summed E-state index contributed by atoms with van der Waals surface area (Å²) < 4.78 is 18.5. The Bertz CT molecular complexity index is 860. The summed E-state index contributed by atoms with van der Waals surface area (Å²) in [5.41, 5.74) is 3.82. The average molecular weight is 373 g/mol. The van der Waals surface area contributed by atoms with Gasteiger partial charge in [-0.2, -0.15) is 0 Å². The summed E-state index contributed by atoms with van der Waals surface area (Å²) in [7, 11) is 0. The predicted octanol–water partition coefficient (Wildman–Crippen LogP) is 4.01. The molecule has 4 rings (SSSR count). The largest absolute Gasteiger partial charge is 0.312 e. The molecule has 0 spiro atoms. The molecule has 0 amide bonds. The molecule has 26 heavy (non-hydrogen) atoms. The van der Waals surface area contributed by atoms with Gasteiger partial charge < -0.3 is 4.57 Å². The molecule has 2 heterocycles. The third-order valence-corrected chi connectivity index (χ3v) is 6.60. The lowest BCUT2D eigenvalue weighted by Gasteiger charge is -2.32. The Labute approximate surface area is 158 Å². The lowest BCUT2D eigenvalue weighted by atomic mass is 9.85. The molecule has 0 radical (unpaired) electrons. The summed E-state index contributed by atoms with van der Waals surface area (Å²) in [6.45, 7) is 2.65. The van der Waals surface area contributed by atoms with Gasteiger partial charge in [0.2, 0.25) is 0 Å². The second-order valence-corrected chi connectivity index (χ2v) is 8.30. The summed E-state index contributed by atoms with van der Waals surface area (Å²) in [4.78, 5) is 13.2. The van der Waals surface area contributed by atoms with Crippen molar-refractivity contribution < 1.29 is 4.39 Å². The number of fused-ring (bicyclic) bond motifs is 1. The number of nitrogens with zero attached hydrogens (tertiary/aromatic N) is 2. The van der Waals surface area contributed by atoms with E-state index in [1.165, 1.54) is 36.6 Å². The van der Waals surface area contributed by atoms with Crippen LogP contribution in [0, 0.1) is 11.7 Å². The maximum absolute atomic E-state index is 14.1. The van der Waals surface area contributed by atoms with Crippen LogP contribution < -0.4 is 5.56 Å². The van der Waals surface area contributed by atoms with Gasteiger partial charge in [-0.3, -0.25) is 4.79 Å². The number of benzene rings is 1. The fourth-order valence-electron chi connectivity index (χ4n) is 4.01. The molecule has 1 aliphatic carbocycles. The summed E-state index contributed by atoms with van der Waals surface area (Å²) in [5.74, 6) is 0.389. The Morgan fingerprint density at radius 3 is 2.73 bits per heavy atom. The van der Waals surface area contributed by atoms with Crippen LogP contribution >= 0.6 is 11.9 Å². The number of rotatable bonds is 5. The quantitative estimate of drug-likeness (QED) is 0.742. The van der Waals surface area contributed by atoms with Gasteiger partial charge in [-0.05, 0) is 48.3 Å². The lowest BCUT2D eigenvalue weighted by Crippen LogP contribution is -2.37. The van der Waals surface area contributed by atoms with Gasteiger partial charge in [-0.1, -0.05) is 36.6 Å². The minimum absolute atomic E-state index is 0.0801. The zero-order valence-electron chi connectivity index (χ0n) is 15.2. The fourth-order valence-corrected chi connectivity index (χ4v) is 4.55. The predicted molar refractivity (Wildman–Crippen MR) is 105 cm³/mol. The molecular weight excluding hydrogens is 347 g/mol. The van der Waals surface area contributed by atoms with E-state index < -0.39 is 0 Å². The van der Waals surface area contributed by atoms with Gasteiger partial charge in [-0.25, -0.2) is 8.70 Å². The molecule has 0 N–H and O–H groups in total. The molecule has 1 aromatic heterocycles. The van der Waals surface area contributed by atoms with E-state index in [9.17, 15) is 9.18 Å². The van der Waals surface area contributed by atoms with E-state index in [-0.39, 0.29) is 11.4 Å². The maximum atomic E-state index is 14.1. The normalized spacial score (nSPS) is 17.8. The molecule has 1 aliphatic heterocycles. The van der Waals surface area contributed by atoms with E-state index in [4.69, 9.17) is 0 Å². The highest BCUT2D eigenvalue weighted by Crippen LogP contribution is 2.30. The molecule has 3 nitrogen and oxygen atoms in total. The van der Waals surface area contributed by atoms with Crippen molar-refractivity contribution in [2.75, 3.05) is 12.8 Å². The Morgan fingerprint density at radius 2 is 2.04 bits per heavy atom. The molecule has 0 unspecified atom stereocenters. The maximum Gasteiger partial charge on any atom is 0.254 e. The Balaban J connectivity index is 1.74. The minimum Gasteiger partial charge on any atom is -0.312 e. The number of pyridine rings is 1. The van der Waals surface area contributed by atoms with Crippen molar-refractivity contribution in [1.82, 2.24) is 8.87 Å². The molecule has 1 saturated carbocycles. The highest BCUT2D eigenvalue weighted by molar-refractivity contribution is 7.96. The van der Waals surface area contributed by atoms with E-state index in [0.717, 1.165) is 31.6 Å². The van der Waals surface area contributed by atoms with E-state index in [1.54, 1.807) is 24.1 Å². The second-order valence-electron chi connectivity index (χ2n) is 7.42. The standard InChI is InChI=1S/C21H25FN2OS/c1-26-23-10-9-20-18(14-23)12-17(11-16-7-2-3-8-19(16)22)21(25)24(20)13-15-5-4-6-15/h2-3,7-8,12,15H,4-6,9-11,13-14H2,1H3. The molecule has 1 fully saturated rings. The van der Waals surface area contributed by atoms with E-state index in [1.807, 2.05) is 16.7 Å².